The van der Waals surface area contributed by atoms with E-state index in [9.17, 15) is 4.79 Å². The van der Waals surface area contributed by atoms with E-state index in [0.717, 1.165) is 32.1 Å². The molecule has 0 saturated heterocycles. The molecule has 0 aliphatic heterocycles. The Balaban J connectivity index is 3.22. The number of unbranched alkanes of at least 4 members (excludes halogenated alkanes) is 14. The molecule has 0 aliphatic rings. The van der Waals surface area contributed by atoms with Gasteiger partial charge in [0.15, 0.2) is 0 Å². The average molecular weight is 368 g/mol. The topological polar surface area (TPSA) is 29.1 Å². The average Bonchev–Trinajstić information content (AvgIpc) is 2.64. The predicted octanol–water partition coefficient (Wildman–Crippen LogP) is 7.94. The fourth-order valence-electron chi connectivity index (χ4n) is 3.68. The molecule has 0 rings (SSSR count). The first kappa shape index (κ1) is 25.5. The van der Waals surface area contributed by atoms with Gasteiger partial charge in [-0.15, -0.1) is 0 Å². The van der Waals surface area contributed by atoms with Gasteiger partial charge in [0.05, 0.1) is 0 Å². The molecule has 2 nitrogen and oxygen atoms in total. The quantitative estimate of drug-likeness (QED) is 0.217. The number of carbonyl (C=O) groups is 1. The van der Waals surface area contributed by atoms with Crippen molar-refractivity contribution in [2.75, 3.05) is 0 Å². The minimum Gasteiger partial charge on any atom is -0.353 e. The molecule has 0 aliphatic carbocycles. The van der Waals surface area contributed by atoms with Crippen molar-refractivity contribution in [3.63, 3.8) is 0 Å². The van der Waals surface area contributed by atoms with Crippen LogP contribution in [0.25, 0.3) is 0 Å². The van der Waals surface area contributed by atoms with Crippen LogP contribution >= 0.6 is 0 Å². The van der Waals surface area contributed by atoms with Gasteiger partial charge in [-0.1, -0.05) is 117 Å². The summed E-state index contributed by atoms with van der Waals surface area (Å²) >= 11 is 0. The van der Waals surface area contributed by atoms with Crippen molar-refractivity contribution < 1.29 is 4.79 Å². The molecule has 1 N–H and O–H groups in total. The minimum atomic E-state index is 0.264. The van der Waals surface area contributed by atoms with Gasteiger partial charge in [-0.2, -0.15) is 0 Å². The van der Waals surface area contributed by atoms with E-state index in [4.69, 9.17) is 0 Å². The van der Waals surface area contributed by atoms with Gasteiger partial charge < -0.3 is 5.32 Å². The van der Waals surface area contributed by atoms with Crippen LogP contribution in [0, 0.1) is 0 Å². The van der Waals surface area contributed by atoms with Gasteiger partial charge in [0.1, 0.15) is 0 Å². The van der Waals surface area contributed by atoms with Crippen LogP contribution in [0.15, 0.2) is 0 Å². The number of nitrogens with one attached hydrogen (secondary N) is 1. The van der Waals surface area contributed by atoms with Crippen LogP contribution in [0.2, 0.25) is 0 Å². The molecule has 26 heavy (non-hydrogen) atoms. The largest absolute Gasteiger partial charge is 0.353 e. The van der Waals surface area contributed by atoms with Crippen LogP contribution in [0.3, 0.4) is 0 Å². The molecule has 2 heteroatoms. The summed E-state index contributed by atoms with van der Waals surface area (Å²) in [7, 11) is 0. The van der Waals surface area contributed by atoms with E-state index in [0.29, 0.717) is 6.04 Å². The summed E-state index contributed by atoms with van der Waals surface area (Å²) in [5.41, 5.74) is 0. The van der Waals surface area contributed by atoms with E-state index in [1.807, 2.05) is 0 Å². The third kappa shape index (κ3) is 18.3. The molecule has 0 radical (unpaired) electrons. The van der Waals surface area contributed by atoms with Crippen molar-refractivity contribution in [1.82, 2.24) is 5.32 Å². The van der Waals surface area contributed by atoms with Crippen molar-refractivity contribution in [3.8, 4) is 0 Å². The first-order valence-electron chi connectivity index (χ1n) is 12.0. The summed E-state index contributed by atoms with van der Waals surface area (Å²) in [4.78, 5) is 11.9. The zero-order chi connectivity index (χ0) is 19.3. The highest BCUT2D eigenvalue weighted by molar-refractivity contribution is 5.76. The fraction of sp³-hybridized carbons (Fsp3) is 0.958. The third-order valence-corrected chi connectivity index (χ3v) is 5.50. The van der Waals surface area contributed by atoms with E-state index < -0.39 is 0 Å². The van der Waals surface area contributed by atoms with E-state index >= 15 is 0 Å². The van der Waals surface area contributed by atoms with Gasteiger partial charge >= 0.3 is 0 Å². The minimum absolute atomic E-state index is 0.264. The second-order valence-corrected chi connectivity index (χ2v) is 8.16. The molecule has 156 valence electrons. The Morgan fingerprint density at radius 1 is 0.615 bits per heavy atom. The normalized spacial score (nSPS) is 12.3. The Kier molecular flexibility index (Phi) is 20.4. The summed E-state index contributed by atoms with van der Waals surface area (Å²) in [5.74, 6) is 0.264. The number of amides is 1. The Morgan fingerprint density at radius 3 is 1.42 bits per heavy atom. The van der Waals surface area contributed by atoms with Crippen molar-refractivity contribution >= 4 is 5.91 Å². The summed E-state index contributed by atoms with van der Waals surface area (Å²) < 4.78 is 0. The van der Waals surface area contributed by atoms with Crippen molar-refractivity contribution in [1.29, 1.82) is 0 Å². The zero-order valence-electron chi connectivity index (χ0n) is 18.4. The highest BCUT2D eigenvalue weighted by atomic mass is 16.1. The summed E-state index contributed by atoms with van der Waals surface area (Å²) in [5, 5.41) is 3.18. The molecule has 1 amide bonds. The molecule has 0 aromatic carbocycles. The molecule has 0 saturated carbocycles. The lowest BCUT2D eigenvalue weighted by atomic mass is 10.0. The van der Waals surface area contributed by atoms with Gasteiger partial charge in [0.2, 0.25) is 5.91 Å². The number of carbonyl (C=O) groups excluding carboxylic acids is 1. The molecule has 0 bridgehead atoms. The maximum atomic E-state index is 11.9. The third-order valence-electron chi connectivity index (χ3n) is 5.50. The van der Waals surface area contributed by atoms with E-state index in [-0.39, 0.29) is 5.91 Å². The lowest BCUT2D eigenvalue weighted by Gasteiger charge is -2.15. The van der Waals surface area contributed by atoms with Gasteiger partial charge in [-0.25, -0.2) is 0 Å². The van der Waals surface area contributed by atoms with E-state index in [1.54, 1.807) is 0 Å². The zero-order valence-corrected chi connectivity index (χ0v) is 18.4. The highest BCUT2D eigenvalue weighted by Gasteiger charge is 2.08. The summed E-state index contributed by atoms with van der Waals surface area (Å²) in [6.07, 6.45) is 24.6. The molecular formula is C24H49NO. The predicted molar refractivity (Wildman–Crippen MR) is 117 cm³/mol. The second-order valence-electron chi connectivity index (χ2n) is 8.16. The van der Waals surface area contributed by atoms with Crippen LogP contribution in [0.1, 0.15) is 143 Å². The van der Waals surface area contributed by atoms with Crippen molar-refractivity contribution in [2.24, 2.45) is 0 Å². The molecule has 0 aromatic rings. The lowest BCUT2D eigenvalue weighted by molar-refractivity contribution is -0.122. The van der Waals surface area contributed by atoms with Crippen LogP contribution < -0.4 is 5.32 Å². The van der Waals surface area contributed by atoms with Gasteiger partial charge in [0, 0.05) is 12.5 Å². The molecule has 1 atom stereocenters. The Bertz CT molecular complexity index is 290. The van der Waals surface area contributed by atoms with Gasteiger partial charge in [0.25, 0.3) is 0 Å². The van der Waals surface area contributed by atoms with Crippen LogP contribution in [-0.2, 0) is 4.79 Å². The van der Waals surface area contributed by atoms with Crippen LogP contribution in [0.5, 0.6) is 0 Å². The number of hydrogen-bond acceptors (Lipinski definition) is 1. The second kappa shape index (κ2) is 20.8. The Hall–Kier alpha value is -0.530. The van der Waals surface area contributed by atoms with Crippen LogP contribution in [0.4, 0.5) is 0 Å². The molecule has 0 aromatic heterocycles. The monoisotopic (exact) mass is 367 g/mol. The van der Waals surface area contributed by atoms with Crippen molar-refractivity contribution in [3.05, 3.63) is 0 Å². The molecule has 0 spiro atoms. The molecular weight excluding hydrogens is 318 g/mol. The Labute approximate surface area is 165 Å². The molecule has 1 unspecified atom stereocenters. The van der Waals surface area contributed by atoms with Crippen LogP contribution in [-0.4, -0.2) is 11.9 Å². The SMILES string of the molecule is CCCCCCCCCCCCCCCCCC(=O)NC(CC)CCC. The summed E-state index contributed by atoms with van der Waals surface area (Å²) in [6.45, 7) is 6.63. The standard InChI is InChI=1S/C24H49NO/c1-4-7-8-9-10-11-12-13-14-15-16-17-18-19-20-22-24(26)25-23(6-3)21-5-2/h23H,4-22H2,1-3H3,(H,25,26). The summed E-state index contributed by atoms with van der Waals surface area (Å²) in [6, 6.07) is 0.392. The smallest absolute Gasteiger partial charge is 0.220 e. The molecule has 0 heterocycles. The first-order valence-corrected chi connectivity index (χ1v) is 12.0. The molecule has 0 fully saturated rings. The number of hydrogen-bond donors (Lipinski definition) is 1. The maximum Gasteiger partial charge on any atom is 0.220 e. The van der Waals surface area contributed by atoms with E-state index in [1.165, 1.54) is 89.9 Å². The number of rotatable bonds is 20. The van der Waals surface area contributed by atoms with E-state index in [2.05, 4.69) is 26.1 Å². The Morgan fingerprint density at radius 2 is 1.04 bits per heavy atom. The fourth-order valence-corrected chi connectivity index (χ4v) is 3.68. The van der Waals surface area contributed by atoms with Gasteiger partial charge in [-0.05, 0) is 19.3 Å². The lowest BCUT2D eigenvalue weighted by Crippen LogP contribution is -2.33. The maximum absolute atomic E-state index is 11.9. The first-order chi connectivity index (χ1) is 12.7. The highest BCUT2D eigenvalue weighted by Crippen LogP contribution is 2.13. The van der Waals surface area contributed by atoms with Gasteiger partial charge in [-0.3, -0.25) is 4.79 Å². The van der Waals surface area contributed by atoms with Crippen molar-refractivity contribution in [2.45, 2.75) is 149 Å².